The summed E-state index contributed by atoms with van der Waals surface area (Å²) in [5.41, 5.74) is 1.57. The maximum absolute atomic E-state index is 12.5. The number of furan rings is 1. The molecule has 3 aromatic rings. The van der Waals surface area contributed by atoms with E-state index in [0.29, 0.717) is 27.1 Å². The fourth-order valence-electron chi connectivity index (χ4n) is 2.65. The molecule has 28 heavy (non-hydrogen) atoms. The van der Waals surface area contributed by atoms with Gasteiger partial charge in [0.1, 0.15) is 23.2 Å². The molecular weight excluding hydrogens is 395 g/mol. The van der Waals surface area contributed by atoms with E-state index in [4.69, 9.17) is 27.6 Å². The molecule has 0 fully saturated rings. The summed E-state index contributed by atoms with van der Waals surface area (Å²) in [5, 5.41) is 13.2. The summed E-state index contributed by atoms with van der Waals surface area (Å²) in [5.74, 6) is 0.421. The van der Waals surface area contributed by atoms with Gasteiger partial charge in [0.05, 0.1) is 11.1 Å². The smallest absolute Gasteiger partial charge is 0.262 e. The third-order valence-corrected chi connectivity index (χ3v) is 4.67. The lowest BCUT2D eigenvalue weighted by atomic mass is 10.1. The summed E-state index contributed by atoms with van der Waals surface area (Å²) in [6.07, 6.45) is 1.40. The van der Waals surface area contributed by atoms with Gasteiger partial charge in [0.2, 0.25) is 0 Å². The van der Waals surface area contributed by atoms with Gasteiger partial charge in [0, 0.05) is 16.7 Å². The normalized spacial score (nSPS) is 12.3. The summed E-state index contributed by atoms with van der Waals surface area (Å²) in [4.78, 5) is 12.5. The van der Waals surface area contributed by atoms with E-state index in [2.05, 4.69) is 5.32 Å². The average molecular weight is 411 g/mol. The van der Waals surface area contributed by atoms with Crippen LogP contribution in [0.1, 0.15) is 24.3 Å². The van der Waals surface area contributed by atoms with E-state index in [1.54, 1.807) is 30.3 Å². The molecule has 0 unspecified atom stereocenters. The van der Waals surface area contributed by atoms with Crippen molar-refractivity contribution in [1.82, 2.24) is 5.32 Å². The SMILES string of the molecule is C[C@H](NC(=O)/C(C#N)=C/c1ccc(-c2ccc(Cl)cc2Cl)o1)c1ccccc1. The van der Waals surface area contributed by atoms with Crippen molar-refractivity contribution in [3.8, 4) is 17.4 Å². The third-order valence-electron chi connectivity index (χ3n) is 4.12. The van der Waals surface area contributed by atoms with Crippen LogP contribution in [0, 0.1) is 11.3 Å². The molecule has 0 aliphatic rings. The van der Waals surface area contributed by atoms with Crippen LogP contribution in [0.4, 0.5) is 0 Å². The largest absolute Gasteiger partial charge is 0.457 e. The second-order valence-electron chi connectivity index (χ2n) is 6.10. The van der Waals surface area contributed by atoms with Crippen molar-refractivity contribution in [3.63, 3.8) is 0 Å². The topological polar surface area (TPSA) is 66.0 Å². The standard InChI is InChI=1S/C22H16Cl2N2O2/c1-14(15-5-3-2-4-6-15)26-22(27)16(13-25)11-18-8-10-21(28-18)19-9-7-17(23)12-20(19)24/h2-12,14H,1H3,(H,26,27)/b16-11+/t14-/m0/s1. The zero-order valence-electron chi connectivity index (χ0n) is 14.9. The number of carbonyl (C=O) groups excluding carboxylic acids is 1. The van der Waals surface area contributed by atoms with E-state index in [-0.39, 0.29) is 11.6 Å². The number of hydrogen-bond donors (Lipinski definition) is 1. The zero-order valence-corrected chi connectivity index (χ0v) is 16.5. The fraction of sp³-hybridized carbons (Fsp3) is 0.0909. The molecule has 1 heterocycles. The minimum Gasteiger partial charge on any atom is -0.457 e. The minimum absolute atomic E-state index is 0.0501. The van der Waals surface area contributed by atoms with Gasteiger partial charge < -0.3 is 9.73 Å². The van der Waals surface area contributed by atoms with Crippen molar-refractivity contribution in [3.05, 3.63) is 87.6 Å². The molecule has 4 nitrogen and oxygen atoms in total. The molecule has 1 atom stereocenters. The van der Waals surface area contributed by atoms with Crippen LogP contribution in [0.5, 0.6) is 0 Å². The molecule has 0 spiro atoms. The first kappa shape index (κ1) is 19.8. The lowest BCUT2D eigenvalue weighted by Crippen LogP contribution is -2.27. The highest BCUT2D eigenvalue weighted by Crippen LogP contribution is 2.32. The van der Waals surface area contributed by atoms with Gasteiger partial charge in [-0.2, -0.15) is 5.26 Å². The van der Waals surface area contributed by atoms with Crippen LogP contribution in [-0.4, -0.2) is 5.91 Å². The van der Waals surface area contributed by atoms with Crippen molar-refractivity contribution in [1.29, 1.82) is 5.26 Å². The van der Waals surface area contributed by atoms with Crippen molar-refractivity contribution in [2.75, 3.05) is 0 Å². The molecule has 1 aromatic heterocycles. The molecule has 0 saturated heterocycles. The first-order valence-electron chi connectivity index (χ1n) is 8.51. The first-order valence-corrected chi connectivity index (χ1v) is 9.26. The Bertz CT molecular complexity index is 1070. The first-order chi connectivity index (χ1) is 13.5. The second-order valence-corrected chi connectivity index (χ2v) is 6.95. The van der Waals surface area contributed by atoms with E-state index >= 15 is 0 Å². The molecule has 1 N–H and O–H groups in total. The number of amides is 1. The summed E-state index contributed by atoms with van der Waals surface area (Å²) in [7, 11) is 0. The molecular formula is C22H16Cl2N2O2. The van der Waals surface area contributed by atoms with Crippen LogP contribution >= 0.6 is 23.2 Å². The van der Waals surface area contributed by atoms with Crippen molar-refractivity contribution < 1.29 is 9.21 Å². The van der Waals surface area contributed by atoms with Crippen LogP contribution in [0.25, 0.3) is 17.4 Å². The molecule has 0 aliphatic heterocycles. The van der Waals surface area contributed by atoms with Crippen molar-refractivity contribution in [2.45, 2.75) is 13.0 Å². The van der Waals surface area contributed by atoms with E-state index in [1.807, 2.05) is 43.3 Å². The number of halogens is 2. The van der Waals surface area contributed by atoms with Gasteiger partial charge in [0.25, 0.3) is 5.91 Å². The number of hydrogen-bond acceptors (Lipinski definition) is 3. The van der Waals surface area contributed by atoms with Gasteiger partial charge in [0.15, 0.2) is 0 Å². The highest BCUT2D eigenvalue weighted by Gasteiger charge is 2.15. The summed E-state index contributed by atoms with van der Waals surface area (Å²) < 4.78 is 5.73. The van der Waals surface area contributed by atoms with Gasteiger partial charge in [-0.25, -0.2) is 0 Å². The average Bonchev–Trinajstić information content (AvgIpc) is 3.15. The Morgan fingerprint density at radius 2 is 1.89 bits per heavy atom. The Morgan fingerprint density at radius 1 is 1.14 bits per heavy atom. The van der Waals surface area contributed by atoms with Crippen LogP contribution in [0.3, 0.4) is 0 Å². The number of carbonyl (C=O) groups is 1. The van der Waals surface area contributed by atoms with Gasteiger partial charge >= 0.3 is 0 Å². The van der Waals surface area contributed by atoms with Crippen LogP contribution in [0.15, 0.2) is 70.7 Å². The van der Waals surface area contributed by atoms with E-state index in [9.17, 15) is 10.1 Å². The summed E-state index contributed by atoms with van der Waals surface area (Å²) in [6, 6.07) is 19.7. The van der Waals surface area contributed by atoms with E-state index in [0.717, 1.165) is 5.56 Å². The maximum Gasteiger partial charge on any atom is 0.262 e. The third kappa shape index (κ3) is 4.64. The van der Waals surface area contributed by atoms with E-state index < -0.39 is 5.91 Å². The number of rotatable bonds is 5. The van der Waals surface area contributed by atoms with Gasteiger partial charge in [-0.1, -0.05) is 53.5 Å². The predicted molar refractivity (Wildman–Crippen MR) is 111 cm³/mol. The maximum atomic E-state index is 12.5. The number of nitrogens with one attached hydrogen (secondary N) is 1. The molecule has 0 saturated carbocycles. The molecule has 0 radical (unpaired) electrons. The zero-order chi connectivity index (χ0) is 20.1. The molecule has 140 valence electrons. The summed E-state index contributed by atoms with van der Waals surface area (Å²) in [6.45, 7) is 1.86. The quantitative estimate of drug-likeness (QED) is 0.411. The number of nitrogens with zero attached hydrogens (tertiary/aromatic N) is 1. The molecule has 0 aliphatic carbocycles. The summed E-state index contributed by atoms with van der Waals surface area (Å²) >= 11 is 12.1. The molecule has 0 bridgehead atoms. The minimum atomic E-state index is -0.471. The molecule has 3 rings (SSSR count). The van der Waals surface area contributed by atoms with Crippen LogP contribution < -0.4 is 5.32 Å². The molecule has 6 heteroatoms. The molecule has 1 amide bonds. The Hall–Kier alpha value is -3.00. The lowest BCUT2D eigenvalue weighted by molar-refractivity contribution is -0.117. The monoisotopic (exact) mass is 410 g/mol. The van der Waals surface area contributed by atoms with Crippen molar-refractivity contribution in [2.24, 2.45) is 0 Å². The Morgan fingerprint density at radius 3 is 2.57 bits per heavy atom. The van der Waals surface area contributed by atoms with E-state index in [1.165, 1.54) is 6.08 Å². The lowest BCUT2D eigenvalue weighted by Gasteiger charge is -2.13. The Labute approximate surface area is 173 Å². The van der Waals surface area contributed by atoms with Gasteiger partial charge in [-0.05, 0) is 42.8 Å². The predicted octanol–water partition coefficient (Wildman–Crippen LogP) is 6.04. The Balaban J connectivity index is 1.78. The fourth-order valence-corrected chi connectivity index (χ4v) is 3.16. The van der Waals surface area contributed by atoms with Gasteiger partial charge in [-0.15, -0.1) is 0 Å². The number of benzene rings is 2. The molecule has 2 aromatic carbocycles. The highest BCUT2D eigenvalue weighted by atomic mass is 35.5. The second kappa shape index (κ2) is 8.79. The Kier molecular flexibility index (Phi) is 6.20. The van der Waals surface area contributed by atoms with Crippen molar-refractivity contribution >= 4 is 35.2 Å². The van der Waals surface area contributed by atoms with Crippen LogP contribution in [0.2, 0.25) is 10.0 Å². The highest BCUT2D eigenvalue weighted by molar-refractivity contribution is 6.36. The van der Waals surface area contributed by atoms with Crippen LogP contribution in [-0.2, 0) is 4.79 Å². The number of nitriles is 1. The van der Waals surface area contributed by atoms with Gasteiger partial charge in [-0.3, -0.25) is 4.79 Å².